The van der Waals surface area contributed by atoms with E-state index in [1.165, 1.54) is 0 Å². The molecule has 2 fully saturated rings. The molecule has 1 aromatic heterocycles. The number of methoxy groups -OCH3 is 1. The monoisotopic (exact) mass is 467 g/mol. The zero-order valence-corrected chi connectivity index (χ0v) is 18.2. The van der Waals surface area contributed by atoms with Crippen LogP contribution in [-0.4, -0.2) is 57.8 Å². The Labute approximate surface area is 187 Å². The average Bonchev–Trinajstić information content (AvgIpc) is 3.33. The first-order valence-electron chi connectivity index (χ1n) is 10.6. The fourth-order valence-electron chi connectivity index (χ4n) is 4.41. The summed E-state index contributed by atoms with van der Waals surface area (Å²) in [4.78, 5) is 40.9. The van der Waals surface area contributed by atoms with E-state index >= 15 is 0 Å². The highest BCUT2D eigenvalue weighted by atomic mass is 19.4. The van der Waals surface area contributed by atoms with Gasteiger partial charge in [0, 0.05) is 38.8 Å². The molecule has 0 bridgehead atoms. The number of halogens is 3. The number of carbonyl (C=O) groups is 2. The predicted octanol–water partition coefficient (Wildman–Crippen LogP) is 1.83. The first-order chi connectivity index (χ1) is 15.6. The number of likely N-dealkylation sites (tertiary alicyclic amines) is 1. The van der Waals surface area contributed by atoms with Gasteiger partial charge in [-0.3, -0.25) is 14.2 Å². The van der Waals surface area contributed by atoms with Crippen molar-refractivity contribution >= 4 is 17.5 Å². The largest absolute Gasteiger partial charge is 0.497 e. The highest BCUT2D eigenvalue weighted by Gasteiger charge is 2.41. The van der Waals surface area contributed by atoms with Gasteiger partial charge in [0.2, 0.25) is 17.6 Å². The summed E-state index contributed by atoms with van der Waals surface area (Å²) in [5, 5.41) is 3.50. The lowest BCUT2D eigenvalue weighted by Gasteiger charge is -2.33. The van der Waals surface area contributed by atoms with Gasteiger partial charge in [0.1, 0.15) is 5.75 Å². The summed E-state index contributed by atoms with van der Waals surface area (Å²) in [7, 11) is 2.59. The molecule has 2 amide bonds. The lowest BCUT2D eigenvalue weighted by molar-refractivity contribution is -0.147. The number of benzene rings is 1. The van der Waals surface area contributed by atoms with Crippen molar-refractivity contribution in [2.24, 2.45) is 13.0 Å². The van der Waals surface area contributed by atoms with Gasteiger partial charge in [-0.15, -0.1) is 5.10 Å². The van der Waals surface area contributed by atoms with E-state index in [-0.39, 0.29) is 37.9 Å². The molecule has 33 heavy (non-hydrogen) atoms. The van der Waals surface area contributed by atoms with Crippen LogP contribution < -0.4 is 15.3 Å². The van der Waals surface area contributed by atoms with E-state index < -0.39 is 29.7 Å². The minimum Gasteiger partial charge on any atom is -0.497 e. The van der Waals surface area contributed by atoms with E-state index in [2.05, 4.69) is 5.10 Å². The number of aromatic nitrogens is 3. The van der Waals surface area contributed by atoms with Crippen LogP contribution >= 0.6 is 0 Å². The number of hydrogen-bond acceptors (Lipinski definition) is 5. The van der Waals surface area contributed by atoms with Crippen LogP contribution in [-0.2, 0) is 22.8 Å². The Bertz CT molecular complexity index is 1100. The fraction of sp³-hybridized carbons (Fsp3) is 0.524. The molecule has 1 aromatic carbocycles. The summed E-state index contributed by atoms with van der Waals surface area (Å²) >= 11 is 0. The molecule has 2 aliphatic rings. The van der Waals surface area contributed by atoms with E-state index in [9.17, 15) is 27.6 Å². The van der Waals surface area contributed by atoms with E-state index in [1.807, 2.05) is 0 Å². The summed E-state index contributed by atoms with van der Waals surface area (Å²) in [5.41, 5.74) is -0.145. The van der Waals surface area contributed by atoms with Crippen LogP contribution in [0.5, 0.6) is 5.75 Å². The standard InChI is InChI=1S/C21H24F3N5O4/c1-26-19(21(22,23)24)25-29(20(26)32)15-7-9-27(10-8-15)18(31)13-11-17(30)28(12-13)14-3-5-16(33-2)6-4-14/h3-6,13,15H,7-12H2,1-2H3. The van der Waals surface area contributed by atoms with Gasteiger partial charge in [-0.25, -0.2) is 9.48 Å². The summed E-state index contributed by atoms with van der Waals surface area (Å²) in [6.45, 7) is 0.820. The van der Waals surface area contributed by atoms with E-state index in [4.69, 9.17) is 4.74 Å². The van der Waals surface area contributed by atoms with Crippen molar-refractivity contribution in [3.05, 3.63) is 40.6 Å². The summed E-state index contributed by atoms with van der Waals surface area (Å²) in [5.74, 6) is -1.38. The molecule has 0 aliphatic carbocycles. The van der Waals surface area contributed by atoms with Crippen LogP contribution in [0.3, 0.4) is 0 Å². The molecule has 9 nitrogen and oxygen atoms in total. The minimum absolute atomic E-state index is 0.0967. The Morgan fingerprint density at radius 2 is 1.76 bits per heavy atom. The van der Waals surface area contributed by atoms with Gasteiger partial charge in [0.15, 0.2) is 0 Å². The number of piperidine rings is 1. The molecule has 178 valence electrons. The van der Waals surface area contributed by atoms with Crippen LogP contribution in [0.1, 0.15) is 31.1 Å². The molecule has 2 saturated heterocycles. The van der Waals surface area contributed by atoms with Gasteiger partial charge >= 0.3 is 11.9 Å². The van der Waals surface area contributed by atoms with Crippen molar-refractivity contribution < 1.29 is 27.5 Å². The fourth-order valence-corrected chi connectivity index (χ4v) is 4.41. The number of alkyl halides is 3. The maximum absolute atomic E-state index is 13.0. The zero-order valence-electron chi connectivity index (χ0n) is 18.2. The molecule has 3 heterocycles. The maximum atomic E-state index is 13.0. The Hall–Kier alpha value is -3.31. The van der Waals surface area contributed by atoms with Crippen molar-refractivity contribution in [3.63, 3.8) is 0 Å². The van der Waals surface area contributed by atoms with Crippen molar-refractivity contribution in [1.82, 2.24) is 19.2 Å². The van der Waals surface area contributed by atoms with Crippen molar-refractivity contribution in [2.75, 3.05) is 31.6 Å². The number of nitrogens with zero attached hydrogens (tertiary/aromatic N) is 5. The molecule has 0 radical (unpaired) electrons. The molecule has 0 saturated carbocycles. The molecule has 2 aliphatic heterocycles. The number of anilines is 1. The first kappa shape index (κ1) is 22.9. The third-order valence-electron chi connectivity index (χ3n) is 6.24. The van der Waals surface area contributed by atoms with Gasteiger partial charge < -0.3 is 14.5 Å². The second-order valence-corrected chi connectivity index (χ2v) is 8.27. The van der Waals surface area contributed by atoms with E-state index in [0.29, 0.717) is 28.8 Å². The molecule has 1 atom stereocenters. The molecular formula is C21H24F3N5O4. The number of hydrogen-bond donors (Lipinski definition) is 0. The van der Waals surface area contributed by atoms with Crippen LogP contribution in [0.25, 0.3) is 0 Å². The summed E-state index contributed by atoms with van der Waals surface area (Å²) < 4.78 is 45.6. The summed E-state index contributed by atoms with van der Waals surface area (Å²) in [6, 6.07) is 6.48. The van der Waals surface area contributed by atoms with Crippen molar-refractivity contribution in [2.45, 2.75) is 31.5 Å². The van der Waals surface area contributed by atoms with Gasteiger partial charge in [0.25, 0.3) is 0 Å². The topological polar surface area (TPSA) is 89.7 Å². The number of rotatable bonds is 4. The number of ether oxygens (including phenoxy) is 1. The molecular weight excluding hydrogens is 443 g/mol. The molecule has 0 spiro atoms. The van der Waals surface area contributed by atoms with Crippen LogP contribution in [0, 0.1) is 5.92 Å². The predicted molar refractivity (Wildman–Crippen MR) is 111 cm³/mol. The SMILES string of the molecule is COc1ccc(N2CC(C(=O)N3CCC(n4nc(C(F)(F)F)n(C)c4=O)CC3)CC2=O)cc1. The lowest BCUT2D eigenvalue weighted by atomic mass is 10.0. The Morgan fingerprint density at radius 1 is 1.12 bits per heavy atom. The Morgan fingerprint density at radius 3 is 2.30 bits per heavy atom. The zero-order chi connectivity index (χ0) is 23.9. The number of carbonyl (C=O) groups excluding carboxylic acids is 2. The van der Waals surface area contributed by atoms with Gasteiger partial charge in [-0.05, 0) is 37.1 Å². The van der Waals surface area contributed by atoms with E-state index in [1.54, 1.807) is 41.2 Å². The van der Waals surface area contributed by atoms with Crippen molar-refractivity contribution in [1.29, 1.82) is 0 Å². The Balaban J connectivity index is 1.39. The first-order valence-corrected chi connectivity index (χ1v) is 10.6. The highest BCUT2D eigenvalue weighted by Crippen LogP contribution is 2.31. The normalized spacial score (nSPS) is 19.9. The van der Waals surface area contributed by atoms with Crippen LogP contribution in [0.2, 0.25) is 0 Å². The minimum atomic E-state index is -4.72. The van der Waals surface area contributed by atoms with Crippen LogP contribution in [0.15, 0.2) is 29.1 Å². The van der Waals surface area contributed by atoms with Gasteiger partial charge in [-0.1, -0.05) is 0 Å². The van der Waals surface area contributed by atoms with Gasteiger partial charge in [-0.2, -0.15) is 13.2 Å². The number of amides is 2. The molecule has 1 unspecified atom stereocenters. The molecule has 12 heteroatoms. The van der Waals surface area contributed by atoms with Crippen molar-refractivity contribution in [3.8, 4) is 5.75 Å². The molecule has 4 rings (SSSR count). The molecule has 2 aromatic rings. The summed E-state index contributed by atoms with van der Waals surface area (Å²) in [6.07, 6.45) is -4.01. The maximum Gasteiger partial charge on any atom is 0.451 e. The third-order valence-corrected chi connectivity index (χ3v) is 6.24. The second kappa shape index (κ2) is 8.56. The smallest absolute Gasteiger partial charge is 0.451 e. The quantitative estimate of drug-likeness (QED) is 0.685. The highest BCUT2D eigenvalue weighted by molar-refractivity contribution is 6.00. The second-order valence-electron chi connectivity index (χ2n) is 8.27. The van der Waals surface area contributed by atoms with Crippen LogP contribution in [0.4, 0.5) is 18.9 Å². The lowest BCUT2D eigenvalue weighted by Crippen LogP contribution is -2.44. The Kier molecular flexibility index (Phi) is 5.93. The van der Waals surface area contributed by atoms with E-state index in [0.717, 1.165) is 11.7 Å². The van der Waals surface area contributed by atoms with Gasteiger partial charge in [0.05, 0.1) is 19.1 Å². The average molecular weight is 467 g/mol. The molecule has 0 N–H and O–H groups in total. The third kappa shape index (κ3) is 4.33.